The summed E-state index contributed by atoms with van der Waals surface area (Å²) in [4.78, 5) is 16.7. The second kappa shape index (κ2) is 9.53. The molecule has 1 unspecified atom stereocenters. The average Bonchev–Trinajstić information content (AvgIpc) is 3.22. The van der Waals surface area contributed by atoms with Crippen LogP contribution in [0.3, 0.4) is 0 Å². The first-order valence-electron chi connectivity index (χ1n) is 12.8. The predicted molar refractivity (Wildman–Crippen MR) is 151 cm³/mol. The third-order valence-corrected chi connectivity index (χ3v) is 7.62. The minimum Gasteiger partial charge on any atom is -0.497 e. The van der Waals surface area contributed by atoms with Gasteiger partial charge in [-0.05, 0) is 52.6 Å². The summed E-state index contributed by atoms with van der Waals surface area (Å²) in [7, 11) is 1.58. The maximum Gasteiger partial charge on any atom is 0.257 e. The van der Waals surface area contributed by atoms with Gasteiger partial charge in [-0.2, -0.15) is 0 Å². The highest BCUT2D eigenvalue weighted by molar-refractivity contribution is 6.12. The molecule has 1 atom stereocenters. The zero-order valence-electron chi connectivity index (χ0n) is 21.4. The van der Waals surface area contributed by atoms with Crippen molar-refractivity contribution in [2.45, 2.75) is 11.1 Å². The zero-order chi connectivity index (χ0) is 27.0. The van der Waals surface area contributed by atoms with Crippen molar-refractivity contribution in [3.05, 3.63) is 167 Å². The standard InChI is InChI=1S/C34H27FN2O2/c1-39-29-20-17-24(18-21-29)33(36)30-23-28(35)19-22-31(30)37(32(33)38)34(25-11-5-2-6-12-25,26-13-7-3-8-14-26)27-15-9-4-10-16-27/h2-23H,36H2,1H3. The van der Waals surface area contributed by atoms with Crippen molar-refractivity contribution in [1.29, 1.82) is 0 Å². The molecule has 1 heterocycles. The third kappa shape index (κ3) is 3.66. The summed E-state index contributed by atoms with van der Waals surface area (Å²) < 4.78 is 20.2. The largest absolute Gasteiger partial charge is 0.497 e. The number of nitrogens with two attached hydrogens (primary N) is 1. The number of anilines is 1. The van der Waals surface area contributed by atoms with Crippen LogP contribution in [0.25, 0.3) is 0 Å². The molecule has 0 spiro atoms. The highest BCUT2D eigenvalue weighted by Gasteiger charge is 2.57. The topological polar surface area (TPSA) is 55.6 Å². The lowest BCUT2D eigenvalue weighted by molar-refractivity contribution is -0.122. The molecular formula is C34H27FN2O2. The van der Waals surface area contributed by atoms with E-state index in [1.807, 2.05) is 91.0 Å². The highest BCUT2D eigenvalue weighted by Crippen LogP contribution is 2.53. The normalized spacial score (nSPS) is 16.7. The smallest absolute Gasteiger partial charge is 0.257 e. The fourth-order valence-corrected chi connectivity index (χ4v) is 5.81. The molecule has 1 aliphatic heterocycles. The van der Waals surface area contributed by atoms with Gasteiger partial charge in [0.2, 0.25) is 0 Å². The van der Waals surface area contributed by atoms with Crippen LogP contribution in [-0.4, -0.2) is 13.0 Å². The summed E-state index contributed by atoms with van der Waals surface area (Å²) >= 11 is 0. The fraction of sp³-hybridized carbons (Fsp3) is 0.0882. The number of carbonyl (C=O) groups is 1. The van der Waals surface area contributed by atoms with Gasteiger partial charge in [0, 0.05) is 5.56 Å². The van der Waals surface area contributed by atoms with Crippen LogP contribution in [0.1, 0.15) is 27.8 Å². The Balaban J connectivity index is 1.72. The lowest BCUT2D eigenvalue weighted by Gasteiger charge is -2.44. The lowest BCUT2D eigenvalue weighted by atomic mass is 9.75. The summed E-state index contributed by atoms with van der Waals surface area (Å²) in [6, 6.07) is 41.2. The molecule has 0 radical (unpaired) electrons. The van der Waals surface area contributed by atoms with E-state index in [2.05, 4.69) is 0 Å². The fourth-order valence-electron chi connectivity index (χ4n) is 5.81. The van der Waals surface area contributed by atoms with Gasteiger partial charge in [-0.1, -0.05) is 103 Å². The van der Waals surface area contributed by atoms with E-state index >= 15 is 0 Å². The van der Waals surface area contributed by atoms with Crippen molar-refractivity contribution < 1.29 is 13.9 Å². The first-order chi connectivity index (χ1) is 19.0. The monoisotopic (exact) mass is 514 g/mol. The number of hydrogen-bond acceptors (Lipinski definition) is 3. The van der Waals surface area contributed by atoms with Crippen LogP contribution in [0.4, 0.5) is 10.1 Å². The van der Waals surface area contributed by atoms with E-state index in [0.29, 0.717) is 22.6 Å². The number of ether oxygens (including phenoxy) is 1. The van der Waals surface area contributed by atoms with Crippen molar-refractivity contribution in [2.24, 2.45) is 5.73 Å². The molecule has 5 aromatic rings. The van der Waals surface area contributed by atoms with Crippen molar-refractivity contribution in [2.75, 3.05) is 12.0 Å². The Morgan fingerprint density at radius 1 is 0.718 bits per heavy atom. The molecule has 0 bridgehead atoms. The molecule has 0 aromatic heterocycles. The van der Waals surface area contributed by atoms with Crippen molar-refractivity contribution in [3.8, 4) is 5.75 Å². The number of hydrogen-bond donors (Lipinski definition) is 1. The molecule has 39 heavy (non-hydrogen) atoms. The second-order valence-corrected chi connectivity index (χ2v) is 9.65. The predicted octanol–water partition coefficient (Wildman–Crippen LogP) is 6.38. The highest BCUT2D eigenvalue weighted by atomic mass is 19.1. The van der Waals surface area contributed by atoms with Gasteiger partial charge in [0.05, 0.1) is 12.8 Å². The molecule has 0 fully saturated rings. The van der Waals surface area contributed by atoms with Crippen molar-refractivity contribution in [3.63, 3.8) is 0 Å². The molecule has 2 N–H and O–H groups in total. The van der Waals surface area contributed by atoms with E-state index < -0.39 is 16.9 Å². The second-order valence-electron chi connectivity index (χ2n) is 9.65. The Kier molecular flexibility index (Phi) is 6.01. The van der Waals surface area contributed by atoms with E-state index in [-0.39, 0.29) is 5.91 Å². The molecule has 0 saturated carbocycles. The molecule has 4 nitrogen and oxygen atoms in total. The SMILES string of the molecule is COc1ccc(C2(N)C(=O)N(C(c3ccccc3)(c3ccccc3)c3ccccc3)c3ccc(F)cc32)cc1. The third-order valence-electron chi connectivity index (χ3n) is 7.62. The van der Waals surface area contributed by atoms with Gasteiger partial charge in [-0.15, -0.1) is 0 Å². The van der Waals surface area contributed by atoms with Gasteiger partial charge in [0.1, 0.15) is 22.6 Å². The Morgan fingerprint density at radius 2 is 1.21 bits per heavy atom. The number of halogens is 1. The number of methoxy groups -OCH3 is 1. The van der Waals surface area contributed by atoms with Crippen LogP contribution in [-0.2, 0) is 15.9 Å². The van der Waals surface area contributed by atoms with Crippen molar-refractivity contribution >= 4 is 11.6 Å². The van der Waals surface area contributed by atoms with Crippen LogP contribution in [0, 0.1) is 5.82 Å². The zero-order valence-corrected chi connectivity index (χ0v) is 21.4. The minimum absolute atomic E-state index is 0.357. The number of fused-ring (bicyclic) bond motifs is 1. The van der Waals surface area contributed by atoms with Gasteiger partial charge in [-0.25, -0.2) is 4.39 Å². The molecule has 6 rings (SSSR count). The Hall–Kier alpha value is -4.74. The summed E-state index contributed by atoms with van der Waals surface area (Å²) in [5, 5.41) is 0. The number of benzene rings is 5. The van der Waals surface area contributed by atoms with E-state index in [1.165, 1.54) is 12.1 Å². The number of carbonyl (C=O) groups excluding carboxylic acids is 1. The Morgan fingerprint density at radius 3 is 1.67 bits per heavy atom. The first-order valence-corrected chi connectivity index (χ1v) is 12.8. The van der Waals surface area contributed by atoms with Gasteiger partial charge in [0.25, 0.3) is 5.91 Å². The van der Waals surface area contributed by atoms with Crippen LogP contribution in [0.2, 0.25) is 0 Å². The lowest BCUT2D eigenvalue weighted by Crippen LogP contribution is -2.56. The molecule has 1 aliphatic rings. The Bertz CT molecular complexity index is 1530. The van der Waals surface area contributed by atoms with Crippen LogP contribution >= 0.6 is 0 Å². The molecule has 5 heteroatoms. The minimum atomic E-state index is -1.63. The average molecular weight is 515 g/mol. The van der Waals surface area contributed by atoms with Gasteiger partial charge in [0.15, 0.2) is 0 Å². The molecule has 0 aliphatic carbocycles. The molecular weight excluding hydrogens is 487 g/mol. The maximum absolute atomic E-state index is 15.0. The quantitative estimate of drug-likeness (QED) is 0.268. The van der Waals surface area contributed by atoms with Gasteiger partial charge in [-0.3, -0.25) is 9.69 Å². The van der Waals surface area contributed by atoms with Gasteiger partial charge < -0.3 is 10.5 Å². The Labute approximate surface area is 227 Å². The molecule has 5 aromatic carbocycles. The maximum atomic E-state index is 15.0. The van der Waals surface area contributed by atoms with Crippen LogP contribution in [0.5, 0.6) is 5.75 Å². The van der Waals surface area contributed by atoms with Crippen molar-refractivity contribution in [1.82, 2.24) is 0 Å². The molecule has 192 valence electrons. The summed E-state index contributed by atoms with van der Waals surface area (Å²) in [6.45, 7) is 0. The van der Waals surface area contributed by atoms with E-state index in [1.54, 1.807) is 42.3 Å². The van der Waals surface area contributed by atoms with Crippen LogP contribution < -0.4 is 15.4 Å². The number of amides is 1. The van der Waals surface area contributed by atoms with Gasteiger partial charge >= 0.3 is 0 Å². The number of nitrogens with zero attached hydrogens (tertiary/aromatic N) is 1. The summed E-state index contributed by atoms with van der Waals surface area (Å²) in [5.41, 5.74) is 8.54. The summed E-state index contributed by atoms with van der Waals surface area (Å²) in [6.07, 6.45) is 0. The van der Waals surface area contributed by atoms with E-state index in [4.69, 9.17) is 10.5 Å². The molecule has 1 amide bonds. The molecule has 0 saturated heterocycles. The first kappa shape index (κ1) is 24.6. The number of rotatable bonds is 6. The van der Waals surface area contributed by atoms with E-state index in [9.17, 15) is 9.18 Å². The van der Waals surface area contributed by atoms with Crippen LogP contribution in [0.15, 0.2) is 133 Å². The van der Waals surface area contributed by atoms with E-state index in [0.717, 1.165) is 16.7 Å². The summed E-state index contributed by atoms with van der Waals surface area (Å²) in [5.74, 6) is -0.183.